The van der Waals surface area contributed by atoms with E-state index in [-0.39, 0.29) is 13.2 Å². The Morgan fingerprint density at radius 3 is 2.07 bits per heavy atom. The Morgan fingerprint density at radius 1 is 0.833 bits per heavy atom. The van der Waals surface area contributed by atoms with Crippen molar-refractivity contribution >= 4 is 23.9 Å². The molecule has 1 aromatic heterocycles. The predicted octanol–water partition coefficient (Wildman–Crippen LogP) is 3.65. The molecule has 6 atom stereocenters. The van der Waals surface area contributed by atoms with Crippen LogP contribution >= 0.6 is 0 Å². The average Bonchev–Trinajstić information content (AvgIpc) is 3.36. The van der Waals surface area contributed by atoms with E-state index < -0.39 is 54.6 Å². The van der Waals surface area contributed by atoms with Crippen LogP contribution in [0.4, 0.5) is 0 Å². The van der Waals surface area contributed by atoms with Crippen molar-refractivity contribution in [1.29, 1.82) is 0 Å². The number of ether oxygens (including phenoxy) is 6. The summed E-state index contributed by atoms with van der Waals surface area (Å²) < 4.78 is 35.1. The Bertz CT molecular complexity index is 1000. The number of unbranched alkanes of at least 4 members (excludes halogenated alkanes) is 4. The first-order valence-electron chi connectivity index (χ1n) is 14.8. The Labute approximate surface area is 247 Å². The van der Waals surface area contributed by atoms with Gasteiger partial charge < -0.3 is 28.4 Å². The number of rotatable bonds is 18. The molecule has 1 aromatic rings. The van der Waals surface area contributed by atoms with Gasteiger partial charge in [-0.1, -0.05) is 57.6 Å². The normalized spacial score (nSPS) is 22.7. The van der Waals surface area contributed by atoms with Crippen LogP contribution in [-0.4, -0.2) is 76.2 Å². The minimum absolute atomic E-state index is 0.0656. The van der Waals surface area contributed by atoms with Gasteiger partial charge in [0.25, 0.3) is 0 Å². The monoisotopic (exact) mass is 597 g/mol. The van der Waals surface area contributed by atoms with Gasteiger partial charge in [0.2, 0.25) is 0 Å². The van der Waals surface area contributed by atoms with Gasteiger partial charge >= 0.3 is 23.9 Å². The van der Waals surface area contributed by atoms with Crippen LogP contribution in [0.5, 0.6) is 0 Å². The fourth-order valence-corrected chi connectivity index (χ4v) is 4.93. The Hall–Kier alpha value is -3.06. The molecule has 1 saturated heterocycles. The van der Waals surface area contributed by atoms with E-state index in [1.54, 1.807) is 6.20 Å². The second-order valence-corrected chi connectivity index (χ2v) is 10.7. The number of esters is 4. The first-order chi connectivity index (χ1) is 20.0. The molecule has 1 unspecified atom stereocenters. The summed E-state index contributed by atoms with van der Waals surface area (Å²) in [5.74, 6) is -2.21. The number of hydrogen-bond donors (Lipinski definition) is 0. The molecule has 0 spiro atoms. The molecule has 238 valence electrons. The van der Waals surface area contributed by atoms with E-state index in [1.165, 1.54) is 46.5 Å². The van der Waals surface area contributed by atoms with Crippen molar-refractivity contribution in [3.8, 4) is 0 Å². The summed E-state index contributed by atoms with van der Waals surface area (Å²) in [5.41, 5.74) is 0.517. The second-order valence-electron chi connectivity index (χ2n) is 10.7. The van der Waals surface area contributed by atoms with Crippen molar-refractivity contribution in [2.75, 3.05) is 6.61 Å². The minimum Gasteiger partial charge on any atom is -0.463 e. The molecule has 42 heavy (non-hydrogen) atoms. The maximum atomic E-state index is 12.0. The molecule has 0 aliphatic carbocycles. The van der Waals surface area contributed by atoms with Gasteiger partial charge in [0.1, 0.15) is 18.4 Å². The van der Waals surface area contributed by atoms with E-state index in [1.807, 2.05) is 4.68 Å². The van der Waals surface area contributed by atoms with E-state index >= 15 is 0 Å². The van der Waals surface area contributed by atoms with Crippen LogP contribution < -0.4 is 0 Å². The average molecular weight is 598 g/mol. The minimum atomic E-state index is -1.29. The number of aromatic nitrogens is 3. The van der Waals surface area contributed by atoms with Crippen molar-refractivity contribution in [2.24, 2.45) is 5.92 Å². The van der Waals surface area contributed by atoms with E-state index in [4.69, 9.17) is 28.4 Å². The maximum absolute atomic E-state index is 12.0. The molecule has 0 N–H and O–H groups in total. The quantitative estimate of drug-likeness (QED) is 0.138. The fraction of sp³-hybridized carbons (Fsp3) is 0.793. The molecule has 1 aliphatic rings. The number of hydrogen-bond acceptors (Lipinski definition) is 12. The van der Waals surface area contributed by atoms with Crippen molar-refractivity contribution < 1.29 is 47.6 Å². The third-order valence-electron chi connectivity index (χ3n) is 6.81. The molecule has 13 heteroatoms. The Kier molecular flexibility index (Phi) is 15.5. The van der Waals surface area contributed by atoms with Crippen LogP contribution in [0.2, 0.25) is 0 Å². The Balaban J connectivity index is 2.20. The van der Waals surface area contributed by atoms with Crippen molar-refractivity contribution in [3.63, 3.8) is 0 Å². The van der Waals surface area contributed by atoms with E-state index in [0.29, 0.717) is 11.6 Å². The third-order valence-corrected chi connectivity index (χ3v) is 6.81. The number of carbonyl (C=O) groups is 4. The summed E-state index contributed by atoms with van der Waals surface area (Å²) in [6.07, 6.45) is 5.03. The lowest BCUT2D eigenvalue weighted by Crippen LogP contribution is -2.62. The predicted molar refractivity (Wildman–Crippen MR) is 149 cm³/mol. The number of carbonyl (C=O) groups excluding carboxylic acids is 4. The maximum Gasteiger partial charge on any atom is 0.303 e. The molecule has 1 aliphatic heterocycles. The standard InChI is InChI=1S/C29H47N3O10/c1-7-9-11-12-14-23(13-10-8-2)15-32-16-24(30-31-32)17-38-29-28(41-22(6)36)27(40-21(5)35)26(39-20(4)34)25(42-29)18-37-19(3)33/h16,23,25-29H,7-15,17-18H2,1-6H3/t23?,25-,26-,27+,28-,29+/m1/s1. The molecule has 2 rings (SSSR count). The molecule has 2 heterocycles. The van der Waals surface area contributed by atoms with Gasteiger partial charge in [-0.15, -0.1) is 5.10 Å². The molecule has 0 saturated carbocycles. The molecular weight excluding hydrogens is 550 g/mol. The van der Waals surface area contributed by atoms with Gasteiger partial charge in [-0.25, -0.2) is 0 Å². The summed E-state index contributed by atoms with van der Waals surface area (Å²) >= 11 is 0. The van der Waals surface area contributed by atoms with Crippen LogP contribution in [0, 0.1) is 5.92 Å². The number of nitrogens with zero attached hydrogens (tertiary/aromatic N) is 3. The highest BCUT2D eigenvalue weighted by Crippen LogP contribution is 2.30. The fourth-order valence-electron chi connectivity index (χ4n) is 4.93. The first kappa shape index (κ1) is 35.1. The van der Waals surface area contributed by atoms with E-state index in [0.717, 1.165) is 39.2 Å². The van der Waals surface area contributed by atoms with E-state index in [9.17, 15) is 19.2 Å². The first-order valence-corrected chi connectivity index (χ1v) is 14.8. The zero-order chi connectivity index (χ0) is 31.1. The Morgan fingerprint density at radius 2 is 1.45 bits per heavy atom. The van der Waals surface area contributed by atoms with Crippen LogP contribution in [0.1, 0.15) is 98.6 Å². The summed E-state index contributed by atoms with van der Waals surface area (Å²) in [6, 6.07) is 0. The lowest BCUT2D eigenvalue weighted by Gasteiger charge is -2.43. The topological polar surface area (TPSA) is 154 Å². The molecular formula is C29H47N3O10. The smallest absolute Gasteiger partial charge is 0.303 e. The van der Waals surface area contributed by atoms with Crippen LogP contribution in [0.15, 0.2) is 6.20 Å². The highest BCUT2D eigenvalue weighted by molar-refractivity contribution is 5.68. The van der Waals surface area contributed by atoms with Crippen LogP contribution in [-0.2, 0) is 60.8 Å². The lowest BCUT2D eigenvalue weighted by atomic mass is 9.95. The van der Waals surface area contributed by atoms with Crippen LogP contribution in [0.25, 0.3) is 0 Å². The zero-order valence-corrected chi connectivity index (χ0v) is 25.7. The molecule has 0 bridgehead atoms. The zero-order valence-electron chi connectivity index (χ0n) is 25.7. The summed E-state index contributed by atoms with van der Waals surface area (Å²) in [6.45, 7) is 9.46. The second kappa shape index (κ2) is 18.5. The molecule has 1 fully saturated rings. The van der Waals surface area contributed by atoms with Gasteiger partial charge in [-0.3, -0.25) is 23.9 Å². The highest BCUT2D eigenvalue weighted by atomic mass is 16.7. The SMILES string of the molecule is CCCCCCC(CCCC)Cn1cc(CO[C@H]2O[C@H](COC(C)=O)[C@@H](OC(C)=O)[C@H](OC(C)=O)[C@H]2OC(C)=O)nn1. The van der Waals surface area contributed by atoms with Crippen molar-refractivity contribution in [2.45, 2.75) is 137 Å². The molecule has 0 amide bonds. The molecule has 0 radical (unpaired) electrons. The van der Waals surface area contributed by atoms with Crippen molar-refractivity contribution in [3.05, 3.63) is 11.9 Å². The van der Waals surface area contributed by atoms with Gasteiger partial charge in [0, 0.05) is 34.2 Å². The summed E-state index contributed by atoms with van der Waals surface area (Å²) in [4.78, 5) is 47.4. The highest BCUT2D eigenvalue weighted by Gasteiger charge is 2.52. The van der Waals surface area contributed by atoms with Crippen LogP contribution in [0.3, 0.4) is 0 Å². The third kappa shape index (κ3) is 12.4. The van der Waals surface area contributed by atoms with Gasteiger partial charge in [-0.05, 0) is 18.8 Å². The molecule has 0 aromatic carbocycles. The summed E-state index contributed by atoms with van der Waals surface area (Å²) in [5, 5.41) is 8.51. The van der Waals surface area contributed by atoms with Gasteiger partial charge in [0.15, 0.2) is 24.6 Å². The van der Waals surface area contributed by atoms with Gasteiger partial charge in [-0.2, -0.15) is 0 Å². The van der Waals surface area contributed by atoms with Gasteiger partial charge in [0.05, 0.1) is 12.8 Å². The van der Waals surface area contributed by atoms with Crippen molar-refractivity contribution in [1.82, 2.24) is 15.0 Å². The lowest BCUT2D eigenvalue weighted by molar-refractivity contribution is -0.310. The van der Waals surface area contributed by atoms with E-state index in [2.05, 4.69) is 24.2 Å². The summed E-state index contributed by atoms with van der Waals surface area (Å²) in [7, 11) is 0. The molecule has 13 nitrogen and oxygen atoms in total. The largest absolute Gasteiger partial charge is 0.463 e.